The summed E-state index contributed by atoms with van der Waals surface area (Å²) < 4.78 is 41.0. The second-order valence-corrected chi connectivity index (χ2v) is 12.7. The summed E-state index contributed by atoms with van der Waals surface area (Å²) in [5, 5.41) is 50.3. The first-order valence-corrected chi connectivity index (χ1v) is 15.5. The number of carbonyl (C=O) groups is 4. The molecular formula is C35H31F3N4O9. The Morgan fingerprint density at radius 3 is 2.08 bits per heavy atom. The number of nitrogens with zero attached hydrogens (tertiary/aromatic N) is 1. The molecule has 3 amide bonds. The summed E-state index contributed by atoms with van der Waals surface area (Å²) in [6, 6.07) is 12.0. The Kier molecular flexibility index (Phi) is 8.55. The molecule has 3 aromatic carbocycles. The number of urea groups is 1. The number of phenolic OH excluding ortho intramolecular Hbond substituents is 1. The van der Waals surface area contributed by atoms with Crippen LogP contribution < -0.4 is 21.1 Å². The molecule has 0 bridgehead atoms. The number of hydrogen-bond donors (Lipinski definition) is 7. The van der Waals surface area contributed by atoms with Crippen LogP contribution in [0.3, 0.4) is 0 Å². The van der Waals surface area contributed by atoms with Gasteiger partial charge in [-0.3, -0.25) is 19.3 Å². The smallest absolute Gasteiger partial charge is 0.508 e. The van der Waals surface area contributed by atoms with E-state index in [0.29, 0.717) is 22.4 Å². The first kappa shape index (κ1) is 35.0. The van der Waals surface area contributed by atoms with Crippen LogP contribution in [0.1, 0.15) is 17.5 Å². The molecule has 1 fully saturated rings. The molecule has 13 nitrogen and oxygen atoms in total. The van der Waals surface area contributed by atoms with Gasteiger partial charge >= 0.3 is 12.4 Å². The molecule has 266 valence electrons. The van der Waals surface area contributed by atoms with Gasteiger partial charge in [0, 0.05) is 22.9 Å². The van der Waals surface area contributed by atoms with Crippen LogP contribution in [-0.2, 0) is 20.8 Å². The molecule has 0 saturated heterocycles. The Morgan fingerprint density at radius 2 is 1.53 bits per heavy atom. The van der Waals surface area contributed by atoms with Gasteiger partial charge in [-0.2, -0.15) is 0 Å². The van der Waals surface area contributed by atoms with E-state index in [4.69, 9.17) is 5.73 Å². The Hall–Kier alpha value is -5.87. The fraction of sp³-hybridized carbons (Fsp3) is 0.257. The first-order chi connectivity index (χ1) is 23.9. The monoisotopic (exact) mass is 708 g/mol. The number of phenols is 1. The lowest BCUT2D eigenvalue weighted by atomic mass is 9.57. The minimum atomic E-state index is -4.85. The van der Waals surface area contributed by atoms with Gasteiger partial charge in [-0.25, -0.2) is 4.79 Å². The molecule has 1 saturated carbocycles. The largest absolute Gasteiger partial charge is 0.573 e. The summed E-state index contributed by atoms with van der Waals surface area (Å²) in [5.74, 6) is -7.90. The fourth-order valence-electron chi connectivity index (χ4n) is 7.28. The normalized spacial score (nSPS) is 23.0. The summed E-state index contributed by atoms with van der Waals surface area (Å²) in [6.07, 6.45) is -4.85. The molecule has 6 rings (SSSR count). The van der Waals surface area contributed by atoms with Crippen LogP contribution in [0.5, 0.6) is 11.5 Å². The molecule has 0 spiro atoms. The number of aliphatic hydroxyl groups excluding tert-OH is 2. The van der Waals surface area contributed by atoms with Gasteiger partial charge in [0.05, 0.1) is 11.6 Å². The van der Waals surface area contributed by atoms with Crippen LogP contribution >= 0.6 is 0 Å². The Balaban J connectivity index is 1.29. The number of anilines is 2. The summed E-state index contributed by atoms with van der Waals surface area (Å²) in [7, 11) is 3.03. The molecule has 8 N–H and O–H groups in total. The van der Waals surface area contributed by atoms with Gasteiger partial charge in [-0.15, -0.1) is 13.2 Å². The molecule has 0 aliphatic heterocycles. The van der Waals surface area contributed by atoms with E-state index in [-0.39, 0.29) is 35.4 Å². The zero-order chi connectivity index (χ0) is 37.2. The van der Waals surface area contributed by atoms with Crippen molar-refractivity contribution in [3.05, 3.63) is 88.7 Å². The molecular weight excluding hydrogens is 677 g/mol. The second kappa shape index (κ2) is 12.5. The van der Waals surface area contributed by atoms with Crippen LogP contribution in [0.2, 0.25) is 0 Å². The molecule has 0 aromatic heterocycles. The van der Waals surface area contributed by atoms with Crippen LogP contribution in [0.25, 0.3) is 16.9 Å². The van der Waals surface area contributed by atoms with Gasteiger partial charge in [-0.05, 0) is 92.0 Å². The van der Waals surface area contributed by atoms with Crippen LogP contribution in [0.4, 0.5) is 29.3 Å². The highest BCUT2D eigenvalue weighted by Crippen LogP contribution is 2.53. The number of hydrogen-bond acceptors (Lipinski definition) is 10. The Labute approximate surface area is 287 Å². The van der Waals surface area contributed by atoms with Gasteiger partial charge in [0.15, 0.2) is 11.4 Å². The van der Waals surface area contributed by atoms with Crippen molar-refractivity contribution in [1.29, 1.82) is 0 Å². The summed E-state index contributed by atoms with van der Waals surface area (Å²) in [6.45, 7) is 0. The number of nitrogens with two attached hydrogens (primary N) is 1. The van der Waals surface area contributed by atoms with E-state index in [1.165, 1.54) is 37.2 Å². The van der Waals surface area contributed by atoms with Crippen molar-refractivity contribution < 1.29 is 57.5 Å². The quantitative estimate of drug-likeness (QED) is 0.182. The van der Waals surface area contributed by atoms with Crippen LogP contribution in [-0.4, -0.2) is 80.9 Å². The Bertz CT molecular complexity index is 2040. The highest BCUT2D eigenvalue weighted by Gasteiger charge is 2.64. The number of halogens is 3. The lowest BCUT2D eigenvalue weighted by Gasteiger charge is -2.50. The third-order valence-corrected chi connectivity index (χ3v) is 9.40. The van der Waals surface area contributed by atoms with E-state index in [9.17, 15) is 52.8 Å². The number of ketones is 2. The zero-order valence-electron chi connectivity index (χ0n) is 26.9. The van der Waals surface area contributed by atoms with Crippen LogP contribution in [0.15, 0.2) is 77.6 Å². The van der Waals surface area contributed by atoms with Crippen molar-refractivity contribution in [2.24, 2.45) is 17.6 Å². The maximum Gasteiger partial charge on any atom is 0.573 e. The molecule has 0 heterocycles. The predicted octanol–water partition coefficient (Wildman–Crippen LogP) is 4.17. The molecule has 0 radical (unpaired) electrons. The molecule has 4 atom stereocenters. The number of aromatic hydroxyl groups is 1. The standard InChI is InChI=1S/C35H31F3N4O9/c1-42(2)27-22-14-16-13-21-20(15-3-5-17(6-4-15)40-33(49)41-18-7-9-19(10-8-18)51-35(36,37)38)11-12-23(43)25(21)28(44)24(16)30(46)34(22,50)31(47)26(29(27)45)32(39)48/h3-12,16,22,27,43-44,47,50H,13-14H2,1-2H3,(H2,39,48)(H2,40,41,49). The van der Waals surface area contributed by atoms with Crippen molar-refractivity contribution in [3.63, 3.8) is 0 Å². The first-order valence-electron chi connectivity index (χ1n) is 15.5. The number of ether oxygens (including phenoxy) is 1. The lowest BCUT2D eigenvalue weighted by molar-refractivity contribution is -0.274. The van der Waals surface area contributed by atoms with Crippen molar-refractivity contribution in [1.82, 2.24) is 4.90 Å². The van der Waals surface area contributed by atoms with E-state index in [1.54, 1.807) is 30.3 Å². The third kappa shape index (κ3) is 6.01. The second-order valence-electron chi connectivity index (χ2n) is 12.7. The van der Waals surface area contributed by atoms with Gasteiger partial charge in [0.1, 0.15) is 28.6 Å². The number of carbonyl (C=O) groups excluding carboxylic acids is 4. The summed E-state index contributed by atoms with van der Waals surface area (Å²) in [5.41, 5.74) is 3.53. The van der Waals surface area contributed by atoms with Gasteiger partial charge < -0.3 is 41.5 Å². The van der Waals surface area contributed by atoms with E-state index in [0.717, 1.165) is 12.1 Å². The predicted molar refractivity (Wildman–Crippen MR) is 175 cm³/mol. The van der Waals surface area contributed by atoms with E-state index < -0.39 is 76.2 Å². The number of alkyl halides is 3. The van der Waals surface area contributed by atoms with Gasteiger partial charge in [0.25, 0.3) is 5.91 Å². The molecule has 3 aromatic rings. The number of benzene rings is 3. The summed E-state index contributed by atoms with van der Waals surface area (Å²) >= 11 is 0. The average Bonchev–Trinajstić information content (AvgIpc) is 3.03. The molecule has 51 heavy (non-hydrogen) atoms. The van der Waals surface area contributed by atoms with Crippen molar-refractivity contribution in [2.45, 2.75) is 30.8 Å². The van der Waals surface area contributed by atoms with Crippen molar-refractivity contribution in [2.75, 3.05) is 24.7 Å². The minimum absolute atomic E-state index is 0.0722. The zero-order valence-corrected chi connectivity index (χ0v) is 26.9. The van der Waals surface area contributed by atoms with Crippen molar-refractivity contribution >= 4 is 40.6 Å². The minimum Gasteiger partial charge on any atom is -0.508 e. The van der Waals surface area contributed by atoms with Crippen molar-refractivity contribution in [3.8, 4) is 22.6 Å². The average molecular weight is 709 g/mol. The highest BCUT2D eigenvalue weighted by atomic mass is 19.4. The number of fused-ring (bicyclic) bond motifs is 3. The number of primary amides is 1. The van der Waals surface area contributed by atoms with Gasteiger partial charge in [0.2, 0.25) is 5.78 Å². The van der Waals surface area contributed by atoms with Crippen LogP contribution in [0, 0.1) is 11.8 Å². The number of Topliss-reactive ketones (excluding diaryl/α,β-unsaturated/α-hetero) is 2. The van der Waals surface area contributed by atoms with Gasteiger partial charge in [-0.1, -0.05) is 18.2 Å². The Morgan fingerprint density at radius 1 is 0.941 bits per heavy atom. The lowest BCUT2D eigenvalue weighted by Crippen LogP contribution is -2.65. The molecule has 3 aliphatic rings. The maximum atomic E-state index is 14.0. The summed E-state index contributed by atoms with van der Waals surface area (Å²) in [4.78, 5) is 53.5. The molecule has 3 aliphatic carbocycles. The SMILES string of the molecule is CN(C)C1C(=O)C(C(N)=O)=C(O)C2(O)C(=O)C3=C(O)c4c(O)ccc(-c5ccc(NC(=O)Nc6ccc(OC(F)(F)F)cc6)cc5)c4CC3CC12. The topological polar surface area (TPSA) is 212 Å². The number of aliphatic hydroxyl groups is 3. The molecule has 16 heteroatoms. The van der Waals surface area contributed by atoms with E-state index in [1.807, 2.05) is 0 Å². The number of nitrogens with one attached hydrogen (secondary N) is 2. The number of likely N-dealkylation sites (N-methyl/N-ethyl adjacent to an activating group) is 1. The third-order valence-electron chi connectivity index (χ3n) is 9.40. The number of rotatable bonds is 6. The van der Waals surface area contributed by atoms with E-state index >= 15 is 0 Å². The number of amides is 3. The highest BCUT2D eigenvalue weighted by molar-refractivity contribution is 6.24. The fourth-order valence-corrected chi connectivity index (χ4v) is 7.28. The maximum absolute atomic E-state index is 14.0. The molecule has 4 unspecified atom stereocenters. The van der Waals surface area contributed by atoms with E-state index in [2.05, 4.69) is 15.4 Å².